The average Bonchev–Trinajstić information content (AvgIpc) is 1.96. The lowest BCUT2D eigenvalue weighted by atomic mass is 9.80. The van der Waals surface area contributed by atoms with Crippen molar-refractivity contribution in [1.82, 2.24) is 4.90 Å². The van der Waals surface area contributed by atoms with Crippen LogP contribution in [0.25, 0.3) is 0 Å². The SMILES string of the molecule is CC1(C)CCCC(C)(C)N1CCCl. The molecule has 0 aromatic heterocycles. The number of nitrogens with zero attached hydrogens (tertiary/aromatic N) is 1. The van der Waals surface area contributed by atoms with Gasteiger partial charge in [0.05, 0.1) is 0 Å². The maximum atomic E-state index is 5.85. The second-order valence-corrected chi connectivity index (χ2v) is 5.70. The summed E-state index contributed by atoms with van der Waals surface area (Å²) in [6.45, 7) is 10.4. The van der Waals surface area contributed by atoms with Gasteiger partial charge in [0.25, 0.3) is 0 Å². The number of piperidine rings is 1. The Morgan fingerprint density at radius 2 is 1.54 bits per heavy atom. The van der Waals surface area contributed by atoms with E-state index in [0.717, 1.165) is 12.4 Å². The first-order valence-electron chi connectivity index (χ1n) is 5.24. The minimum Gasteiger partial charge on any atom is -0.292 e. The Labute approximate surface area is 87.4 Å². The van der Waals surface area contributed by atoms with E-state index in [4.69, 9.17) is 11.6 Å². The van der Waals surface area contributed by atoms with Gasteiger partial charge in [-0.2, -0.15) is 0 Å². The van der Waals surface area contributed by atoms with Gasteiger partial charge in [-0.05, 0) is 47.0 Å². The number of rotatable bonds is 2. The second-order valence-electron chi connectivity index (χ2n) is 5.32. The first kappa shape index (κ1) is 11.3. The molecule has 78 valence electrons. The summed E-state index contributed by atoms with van der Waals surface area (Å²) >= 11 is 5.85. The van der Waals surface area contributed by atoms with Crippen molar-refractivity contribution in [3.05, 3.63) is 0 Å². The second kappa shape index (κ2) is 3.78. The molecule has 1 aliphatic rings. The summed E-state index contributed by atoms with van der Waals surface area (Å²) in [5.74, 6) is 0.743. The molecule has 0 saturated carbocycles. The van der Waals surface area contributed by atoms with Gasteiger partial charge in [0.1, 0.15) is 0 Å². The zero-order valence-electron chi connectivity index (χ0n) is 9.36. The van der Waals surface area contributed by atoms with Crippen LogP contribution in [0.1, 0.15) is 47.0 Å². The molecular formula is C11H22ClN. The Kier molecular flexibility index (Phi) is 3.29. The Morgan fingerprint density at radius 1 is 1.08 bits per heavy atom. The Balaban J connectivity index is 2.78. The van der Waals surface area contributed by atoms with Crippen LogP contribution in [-0.2, 0) is 0 Å². The molecular weight excluding hydrogens is 182 g/mol. The van der Waals surface area contributed by atoms with E-state index >= 15 is 0 Å². The van der Waals surface area contributed by atoms with Gasteiger partial charge < -0.3 is 0 Å². The smallest absolute Gasteiger partial charge is 0.0351 e. The Morgan fingerprint density at radius 3 is 1.92 bits per heavy atom. The molecule has 1 fully saturated rings. The number of alkyl halides is 1. The van der Waals surface area contributed by atoms with Crippen LogP contribution in [0.15, 0.2) is 0 Å². The largest absolute Gasteiger partial charge is 0.292 e. The van der Waals surface area contributed by atoms with Crippen molar-refractivity contribution < 1.29 is 0 Å². The maximum absolute atomic E-state index is 5.85. The highest BCUT2D eigenvalue weighted by Gasteiger charge is 2.40. The van der Waals surface area contributed by atoms with Crippen LogP contribution < -0.4 is 0 Å². The van der Waals surface area contributed by atoms with Crippen LogP contribution in [-0.4, -0.2) is 28.4 Å². The lowest BCUT2D eigenvalue weighted by Gasteiger charge is -2.52. The molecule has 0 aromatic rings. The molecule has 2 heteroatoms. The van der Waals surface area contributed by atoms with E-state index in [9.17, 15) is 0 Å². The van der Waals surface area contributed by atoms with Gasteiger partial charge in [0, 0.05) is 23.5 Å². The van der Waals surface area contributed by atoms with Crippen LogP contribution in [0.5, 0.6) is 0 Å². The molecule has 1 aliphatic heterocycles. The van der Waals surface area contributed by atoms with Crippen LogP contribution >= 0.6 is 11.6 Å². The topological polar surface area (TPSA) is 3.24 Å². The van der Waals surface area contributed by atoms with E-state index in [1.807, 2.05) is 0 Å². The van der Waals surface area contributed by atoms with E-state index in [0.29, 0.717) is 11.1 Å². The molecule has 0 unspecified atom stereocenters. The van der Waals surface area contributed by atoms with Crippen LogP contribution in [0.4, 0.5) is 0 Å². The first-order valence-corrected chi connectivity index (χ1v) is 5.77. The predicted molar refractivity (Wildman–Crippen MR) is 59.4 cm³/mol. The van der Waals surface area contributed by atoms with Crippen molar-refractivity contribution in [3.63, 3.8) is 0 Å². The van der Waals surface area contributed by atoms with Crippen molar-refractivity contribution in [2.75, 3.05) is 12.4 Å². The zero-order chi connectivity index (χ0) is 10.1. The summed E-state index contributed by atoms with van der Waals surface area (Å²) in [4.78, 5) is 2.57. The summed E-state index contributed by atoms with van der Waals surface area (Å²) in [5.41, 5.74) is 0.660. The molecule has 0 aliphatic carbocycles. The van der Waals surface area contributed by atoms with Crippen LogP contribution in [0.2, 0.25) is 0 Å². The van der Waals surface area contributed by atoms with Gasteiger partial charge in [-0.3, -0.25) is 4.90 Å². The van der Waals surface area contributed by atoms with E-state index < -0.39 is 0 Å². The van der Waals surface area contributed by atoms with Gasteiger partial charge in [-0.15, -0.1) is 11.6 Å². The highest BCUT2D eigenvalue weighted by molar-refractivity contribution is 6.18. The molecule has 1 saturated heterocycles. The molecule has 0 N–H and O–H groups in total. The fourth-order valence-electron chi connectivity index (χ4n) is 2.73. The molecule has 13 heavy (non-hydrogen) atoms. The van der Waals surface area contributed by atoms with Crippen molar-refractivity contribution >= 4 is 11.6 Å². The third kappa shape index (κ3) is 2.38. The van der Waals surface area contributed by atoms with Crippen LogP contribution in [0.3, 0.4) is 0 Å². The first-order chi connectivity index (χ1) is 5.90. The van der Waals surface area contributed by atoms with E-state index in [1.54, 1.807) is 0 Å². The molecule has 0 spiro atoms. The summed E-state index contributed by atoms with van der Waals surface area (Å²) in [5, 5.41) is 0. The van der Waals surface area contributed by atoms with Crippen molar-refractivity contribution in [3.8, 4) is 0 Å². The summed E-state index contributed by atoms with van der Waals surface area (Å²) < 4.78 is 0. The molecule has 0 atom stereocenters. The molecule has 0 amide bonds. The lowest BCUT2D eigenvalue weighted by molar-refractivity contribution is -0.0211. The third-order valence-electron chi connectivity index (χ3n) is 3.35. The zero-order valence-corrected chi connectivity index (χ0v) is 10.1. The van der Waals surface area contributed by atoms with Gasteiger partial charge in [0.2, 0.25) is 0 Å². The molecule has 0 aromatic carbocycles. The summed E-state index contributed by atoms with van der Waals surface area (Å²) in [6.07, 6.45) is 3.94. The van der Waals surface area contributed by atoms with Crippen LogP contribution in [0, 0.1) is 0 Å². The number of likely N-dealkylation sites (tertiary alicyclic amines) is 1. The van der Waals surface area contributed by atoms with Crippen molar-refractivity contribution in [2.45, 2.75) is 58.0 Å². The highest BCUT2D eigenvalue weighted by Crippen LogP contribution is 2.37. The van der Waals surface area contributed by atoms with Crippen molar-refractivity contribution in [2.24, 2.45) is 0 Å². The fraction of sp³-hybridized carbons (Fsp3) is 1.00. The molecule has 0 radical (unpaired) electrons. The van der Waals surface area contributed by atoms with Gasteiger partial charge in [-0.1, -0.05) is 0 Å². The fourth-order valence-corrected chi connectivity index (χ4v) is 2.90. The monoisotopic (exact) mass is 203 g/mol. The minimum atomic E-state index is 0.330. The average molecular weight is 204 g/mol. The van der Waals surface area contributed by atoms with E-state index in [2.05, 4.69) is 32.6 Å². The van der Waals surface area contributed by atoms with Gasteiger partial charge in [-0.25, -0.2) is 0 Å². The number of hydrogen-bond acceptors (Lipinski definition) is 1. The molecule has 1 heterocycles. The predicted octanol–water partition coefficient (Wildman–Crippen LogP) is 3.27. The standard InChI is InChI=1S/C11H22ClN/c1-10(2)6-5-7-11(3,4)13(10)9-8-12/h5-9H2,1-4H3. The third-order valence-corrected chi connectivity index (χ3v) is 3.52. The summed E-state index contributed by atoms with van der Waals surface area (Å²) in [7, 11) is 0. The Bertz CT molecular complexity index is 159. The lowest BCUT2D eigenvalue weighted by Crippen LogP contribution is -2.58. The Hall–Kier alpha value is 0.250. The molecule has 1 rings (SSSR count). The van der Waals surface area contributed by atoms with E-state index in [1.165, 1.54) is 19.3 Å². The highest BCUT2D eigenvalue weighted by atomic mass is 35.5. The maximum Gasteiger partial charge on any atom is 0.0351 e. The molecule has 1 nitrogen and oxygen atoms in total. The normalized spacial score (nSPS) is 27.5. The van der Waals surface area contributed by atoms with E-state index in [-0.39, 0.29) is 0 Å². The summed E-state index contributed by atoms with van der Waals surface area (Å²) in [6, 6.07) is 0. The van der Waals surface area contributed by atoms with Gasteiger partial charge in [0.15, 0.2) is 0 Å². The number of halogens is 1. The number of hydrogen-bond donors (Lipinski definition) is 0. The minimum absolute atomic E-state index is 0.330. The quantitative estimate of drug-likeness (QED) is 0.623. The molecule has 0 bridgehead atoms. The van der Waals surface area contributed by atoms with Gasteiger partial charge >= 0.3 is 0 Å². The van der Waals surface area contributed by atoms with Crippen molar-refractivity contribution in [1.29, 1.82) is 0 Å².